The van der Waals surface area contributed by atoms with Gasteiger partial charge in [-0.15, -0.1) is 0 Å². The summed E-state index contributed by atoms with van der Waals surface area (Å²) in [6, 6.07) is 12.2. The minimum absolute atomic E-state index is 0.0289. The summed E-state index contributed by atoms with van der Waals surface area (Å²) in [5.41, 5.74) is 0.368. The Bertz CT molecular complexity index is 1190. The first-order chi connectivity index (χ1) is 15.9. The van der Waals surface area contributed by atoms with E-state index in [9.17, 15) is 14.7 Å². The third kappa shape index (κ3) is 5.86. The highest BCUT2D eigenvalue weighted by atomic mass is 35.5. The highest BCUT2D eigenvalue weighted by Gasteiger charge is 2.23. The zero-order valence-electron chi connectivity index (χ0n) is 17.9. The summed E-state index contributed by atoms with van der Waals surface area (Å²) in [6.45, 7) is 2.02. The van der Waals surface area contributed by atoms with E-state index in [0.717, 1.165) is 25.9 Å². The van der Waals surface area contributed by atoms with Gasteiger partial charge >= 0.3 is 0 Å². The SMILES string of the molecule is O=C(NC[C@@H](O)CN1CCC(Oc2ccc(Cl)c(Cl)c2)CC1)c1c[nH]c2ccccc2c1=O. The number of aromatic nitrogens is 1. The van der Waals surface area contributed by atoms with Crippen molar-refractivity contribution in [2.24, 2.45) is 0 Å². The van der Waals surface area contributed by atoms with E-state index in [1.54, 1.807) is 36.4 Å². The number of ether oxygens (including phenoxy) is 1. The number of hydrogen-bond donors (Lipinski definition) is 3. The number of nitrogens with zero attached hydrogens (tertiary/aromatic N) is 1. The molecule has 0 bridgehead atoms. The van der Waals surface area contributed by atoms with Gasteiger partial charge in [0, 0.05) is 49.3 Å². The number of amides is 1. The molecule has 2 aromatic carbocycles. The number of para-hydroxylation sites is 1. The molecule has 0 spiro atoms. The van der Waals surface area contributed by atoms with E-state index in [1.807, 2.05) is 6.07 Å². The first-order valence-corrected chi connectivity index (χ1v) is 11.6. The molecule has 3 aromatic rings. The molecule has 3 N–H and O–H groups in total. The smallest absolute Gasteiger partial charge is 0.256 e. The molecule has 33 heavy (non-hydrogen) atoms. The van der Waals surface area contributed by atoms with Crippen molar-refractivity contribution in [2.45, 2.75) is 25.0 Å². The Labute approximate surface area is 201 Å². The topological polar surface area (TPSA) is 94.7 Å². The molecule has 0 unspecified atom stereocenters. The molecule has 1 saturated heterocycles. The van der Waals surface area contributed by atoms with Crippen molar-refractivity contribution in [2.75, 3.05) is 26.2 Å². The van der Waals surface area contributed by atoms with Gasteiger partial charge in [-0.2, -0.15) is 0 Å². The molecule has 1 fully saturated rings. The lowest BCUT2D eigenvalue weighted by Crippen LogP contribution is -2.45. The summed E-state index contributed by atoms with van der Waals surface area (Å²) in [4.78, 5) is 30.1. The molecule has 0 aliphatic carbocycles. The third-order valence-corrected chi connectivity index (χ3v) is 6.47. The largest absolute Gasteiger partial charge is 0.490 e. The monoisotopic (exact) mass is 489 g/mol. The second kappa shape index (κ2) is 10.6. The van der Waals surface area contributed by atoms with Gasteiger partial charge in [0.05, 0.1) is 16.1 Å². The fourth-order valence-electron chi connectivity index (χ4n) is 3.96. The lowest BCUT2D eigenvalue weighted by molar-refractivity contribution is 0.0594. The van der Waals surface area contributed by atoms with Crippen LogP contribution in [0.4, 0.5) is 0 Å². The molecule has 1 aliphatic heterocycles. The minimum atomic E-state index is -0.749. The maximum absolute atomic E-state index is 12.6. The van der Waals surface area contributed by atoms with Crippen LogP contribution in [0.1, 0.15) is 23.2 Å². The lowest BCUT2D eigenvalue weighted by atomic mass is 10.1. The van der Waals surface area contributed by atoms with Gasteiger partial charge in [0.2, 0.25) is 5.43 Å². The number of H-pyrrole nitrogens is 1. The summed E-state index contributed by atoms with van der Waals surface area (Å²) >= 11 is 12.0. The Morgan fingerprint density at radius 2 is 1.94 bits per heavy atom. The van der Waals surface area contributed by atoms with E-state index in [4.69, 9.17) is 27.9 Å². The van der Waals surface area contributed by atoms with Crippen LogP contribution in [-0.2, 0) is 0 Å². The number of piperidine rings is 1. The van der Waals surface area contributed by atoms with Gasteiger partial charge in [0.25, 0.3) is 5.91 Å². The molecule has 1 aromatic heterocycles. The highest BCUT2D eigenvalue weighted by molar-refractivity contribution is 6.42. The van der Waals surface area contributed by atoms with Crippen LogP contribution in [0.5, 0.6) is 5.75 Å². The first kappa shape index (κ1) is 23.6. The van der Waals surface area contributed by atoms with Crippen LogP contribution >= 0.6 is 23.2 Å². The number of rotatable bonds is 7. The summed E-state index contributed by atoms with van der Waals surface area (Å²) in [5.74, 6) is 0.184. The lowest BCUT2D eigenvalue weighted by Gasteiger charge is -2.33. The fourth-order valence-corrected chi connectivity index (χ4v) is 4.24. The Morgan fingerprint density at radius 3 is 2.70 bits per heavy atom. The van der Waals surface area contributed by atoms with Crippen LogP contribution in [0.2, 0.25) is 10.0 Å². The number of likely N-dealkylation sites (tertiary alicyclic amines) is 1. The van der Waals surface area contributed by atoms with Crippen LogP contribution in [0.15, 0.2) is 53.5 Å². The molecule has 1 aliphatic rings. The fraction of sp³-hybridized carbons (Fsp3) is 0.333. The Morgan fingerprint density at radius 1 is 1.18 bits per heavy atom. The van der Waals surface area contributed by atoms with E-state index in [-0.39, 0.29) is 23.6 Å². The van der Waals surface area contributed by atoms with Gasteiger partial charge in [-0.25, -0.2) is 0 Å². The standard InChI is InChI=1S/C24H25Cl2N3O4/c25-20-6-5-17(11-21(20)26)33-16-7-9-29(10-8-16)14-15(30)12-28-24(32)19-13-27-22-4-2-1-3-18(22)23(19)31/h1-6,11,13,15-16,30H,7-10,12,14H2,(H,27,31)(H,28,32)/t15-/m1/s1. The number of halogens is 2. The number of benzene rings is 2. The summed E-state index contributed by atoms with van der Waals surface area (Å²) in [6.07, 6.45) is 2.35. The molecule has 9 heteroatoms. The van der Waals surface area contributed by atoms with Crippen LogP contribution in [0.3, 0.4) is 0 Å². The van der Waals surface area contributed by atoms with Crippen LogP contribution in [-0.4, -0.2) is 59.3 Å². The van der Waals surface area contributed by atoms with Gasteiger partial charge in [0.1, 0.15) is 17.4 Å². The van der Waals surface area contributed by atoms with E-state index >= 15 is 0 Å². The quantitative estimate of drug-likeness (QED) is 0.472. The number of hydrogen-bond acceptors (Lipinski definition) is 5. The summed E-state index contributed by atoms with van der Waals surface area (Å²) in [7, 11) is 0. The van der Waals surface area contributed by atoms with Crippen LogP contribution < -0.4 is 15.5 Å². The zero-order valence-corrected chi connectivity index (χ0v) is 19.4. The zero-order chi connectivity index (χ0) is 23.4. The predicted octanol–water partition coefficient (Wildman–Crippen LogP) is 3.47. The molecule has 174 valence electrons. The van der Waals surface area contributed by atoms with Crippen molar-refractivity contribution < 1.29 is 14.6 Å². The average Bonchev–Trinajstić information content (AvgIpc) is 2.81. The molecule has 2 heterocycles. The molecule has 7 nitrogen and oxygen atoms in total. The average molecular weight is 490 g/mol. The number of carbonyl (C=O) groups excluding carboxylic acids is 1. The van der Waals surface area contributed by atoms with Crippen molar-refractivity contribution in [3.05, 3.63) is 74.5 Å². The third-order valence-electron chi connectivity index (χ3n) is 5.73. The second-order valence-corrected chi connectivity index (χ2v) is 8.95. The normalized spacial score (nSPS) is 16.0. The predicted molar refractivity (Wildman–Crippen MR) is 129 cm³/mol. The molecule has 0 radical (unpaired) electrons. The number of aromatic amines is 1. The van der Waals surface area contributed by atoms with Gasteiger partial charge in [-0.3, -0.25) is 9.59 Å². The maximum atomic E-state index is 12.6. The Balaban J connectivity index is 1.23. The Kier molecular flexibility index (Phi) is 7.55. The van der Waals surface area contributed by atoms with Crippen molar-refractivity contribution in [3.63, 3.8) is 0 Å². The first-order valence-electron chi connectivity index (χ1n) is 10.8. The maximum Gasteiger partial charge on any atom is 0.256 e. The van der Waals surface area contributed by atoms with E-state index in [1.165, 1.54) is 6.20 Å². The minimum Gasteiger partial charge on any atom is -0.490 e. The number of pyridine rings is 1. The number of nitrogens with one attached hydrogen (secondary N) is 2. The molecular formula is C24H25Cl2N3O4. The summed E-state index contributed by atoms with van der Waals surface area (Å²) in [5, 5.41) is 14.5. The van der Waals surface area contributed by atoms with Crippen molar-refractivity contribution in [1.29, 1.82) is 0 Å². The number of carbonyl (C=O) groups is 1. The van der Waals surface area contributed by atoms with Crippen molar-refractivity contribution in [1.82, 2.24) is 15.2 Å². The van der Waals surface area contributed by atoms with Gasteiger partial charge in [-0.1, -0.05) is 35.3 Å². The van der Waals surface area contributed by atoms with Gasteiger partial charge in [-0.05, 0) is 37.1 Å². The van der Waals surface area contributed by atoms with E-state index in [2.05, 4.69) is 15.2 Å². The molecule has 1 amide bonds. The van der Waals surface area contributed by atoms with Crippen molar-refractivity contribution in [3.8, 4) is 5.75 Å². The van der Waals surface area contributed by atoms with Crippen LogP contribution in [0.25, 0.3) is 10.9 Å². The number of β-amino-alcohol motifs (C(OH)–C–C–N with tert-alkyl or cyclic N) is 1. The number of aliphatic hydroxyl groups is 1. The molecule has 0 saturated carbocycles. The molecule has 1 atom stereocenters. The van der Waals surface area contributed by atoms with Gasteiger partial charge in [0.15, 0.2) is 0 Å². The highest BCUT2D eigenvalue weighted by Crippen LogP contribution is 2.28. The van der Waals surface area contributed by atoms with E-state index in [0.29, 0.717) is 33.2 Å². The molecule has 4 rings (SSSR count). The number of fused-ring (bicyclic) bond motifs is 1. The molecular weight excluding hydrogens is 465 g/mol. The second-order valence-electron chi connectivity index (χ2n) is 8.13. The Hall–Kier alpha value is -2.58. The van der Waals surface area contributed by atoms with Crippen LogP contribution in [0, 0.1) is 0 Å². The van der Waals surface area contributed by atoms with Crippen molar-refractivity contribution >= 4 is 40.0 Å². The van der Waals surface area contributed by atoms with E-state index < -0.39 is 12.0 Å². The summed E-state index contributed by atoms with van der Waals surface area (Å²) < 4.78 is 5.99. The number of aliphatic hydroxyl groups excluding tert-OH is 1. The van der Waals surface area contributed by atoms with Gasteiger partial charge < -0.3 is 25.0 Å².